The lowest BCUT2D eigenvalue weighted by Gasteiger charge is -2.21. The van der Waals surface area contributed by atoms with Crippen LogP contribution in [0.2, 0.25) is 0 Å². The van der Waals surface area contributed by atoms with E-state index in [1.807, 2.05) is 7.05 Å². The third-order valence-electron chi connectivity index (χ3n) is 3.70. The number of ether oxygens (including phenoxy) is 1. The molecule has 2 rings (SSSR count). The molecule has 0 amide bonds. The van der Waals surface area contributed by atoms with Crippen LogP contribution in [0.3, 0.4) is 0 Å². The van der Waals surface area contributed by atoms with Crippen molar-refractivity contribution < 1.29 is 4.74 Å². The number of benzene rings is 1. The van der Waals surface area contributed by atoms with E-state index in [2.05, 4.69) is 36.6 Å². The van der Waals surface area contributed by atoms with Crippen LogP contribution in [-0.4, -0.2) is 26.7 Å². The summed E-state index contributed by atoms with van der Waals surface area (Å²) in [4.78, 5) is 0. The summed E-state index contributed by atoms with van der Waals surface area (Å²) in [7, 11) is 3.75. The normalized spacial score (nSPS) is 16.7. The quantitative estimate of drug-likeness (QED) is 0.810. The molecule has 0 aliphatic heterocycles. The van der Waals surface area contributed by atoms with Gasteiger partial charge in [-0.05, 0) is 56.5 Å². The zero-order valence-corrected chi connectivity index (χ0v) is 11.8. The Labute approximate surface area is 110 Å². The van der Waals surface area contributed by atoms with Gasteiger partial charge in [0, 0.05) is 18.6 Å². The minimum Gasteiger partial charge on any atom is -0.496 e. The number of methoxy groups -OCH3 is 1. The minimum absolute atomic E-state index is 0.371. The Kier molecular flexibility index (Phi) is 4.25. The zero-order valence-electron chi connectivity index (χ0n) is 11.8. The fourth-order valence-electron chi connectivity index (χ4n) is 2.35. The van der Waals surface area contributed by atoms with Crippen molar-refractivity contribution in [1.29, 1.82) is 0 Å². The first kappa shape index (κ1) is 13.4. The van der Waals surface area contributed by atoms with Gasteiger partial charge in [0.2, 0.25) is 0 Å². The zero-order chi connectivity index (χ0) is 13.1. The lowest BCUT2D eigenvalue weighted by Crippen LogP contribution is -2.31. The lowest BCUT2D eigenvalue weighted by molar-refractivity contribution is 0.410. The summed E-state index contributed by atoms with van der Waals surface area (Å²) < 4.78 is 5.37. The van der Waals surface area contributed by atoms with Crippen LogP contribution in [-0.2, 0) is 0 Å². The summed E-state index contributed by atoms with van der Waals surface area (Å²) >= 11 is 0. The Balaban J connectivity index is 2.15. The van der Waals surface area contributed by atoms with Crippen LogP contribution in [0.5, 0.6) is 5.75 Å². The van der Waals surface area contributed by atoms with Crippen molar-refractivity contribution in [2.75, 3.05) is 20.7 Å². The molecule has 1 unspecified atom stereocenters. The second-order valence-electron chi connectivity index (χ2n) is 5.20. The van der Waals surface area contributed by atoms with Gasteiger partial charge in [-0.15, -0.1) is 0 Å². The topological polar surface area (TPSA) is 33.3 Å². The molecule has 0 heterocycles. The summed E-state index contributed by atoms with van der Waals surface area (Å²) in [5, 5.41) is 6.99. The molecule has 1 aliphatic rings. The van der Waals surface area contributed by atoms with E-state index in [0.29, 0.717) is 6.04 Å². The highest BCUT2D eigenvalue weighted by atomic mass is 16.5. The van der Waals surface area contributed by atoms with Gasteiger partial charge in [-0.3, -0.25) is 0 Å². The second-order valence-corrected chi connectivity index (χ2v) is 5.20. The maximum absolute atomic E-state index is 5.37. The molecule has 3 nitrogen and oxygen atoms in total. The van der Waals surface area contributed by atoms with Gasteiger partial charge in [-0.2, -0.15) is 0 Å². The molecule has 0 radical (unpaired) electrons. The molecule has 2 N–H and O–H groups in total. The van der Waals surface area contributed by atoms with Gasteiger partial charge >= 0.3 is 0 Å². The number of hydrogen-bond acceptors (Lipinski definition) is 3. The number of hydrogen-bond donors (Lipinski definition) is 2. The Hall–Kier alpha value is -1.06. The van der Waals surface area contributed by atoms with E-state index in [9.17, 15) is 0 Å². The summed E-state index contributed by atoms with van der Waals surface area (Å²) in [6.45, 7) is 5.25. The number of aryl methyl sites for hydroxylation is 2. The molecule has 100 valence electrons. The summed E-state index contributed by atoms with van der Waals surface area (Å²) in [5.74, 6) is 0.973. The average molecular weight is 248 g/mol. The molecule has 1 aliphatic carbocycles. The highest BCUT2D eigenvalue weighted by molar-refractivity contribution is 5.43. The smallest absolute Gasteiger partial charge is 0.122 e. The summed E-state index contributed by atoms with van der Waals surface area (Å²) in [6.07, 6.45) is 2.66. The monoisotopic (exact) mass is 248 g/mol. The number of likely N-dealkylation sites (N-methyl/N-ethyl adjacent to an activating group) is 1. The van der Waals surface area contributed by atoms with Crippen LogP contribution in [0.4, 0.5) is 0 Å². The highest BCUT2D eigenvalue weighted by Crippen LogP contribution is 2.27. The minimum atomic E-state index is 0.371. The van der Waals surface area contributed by atoms with E-state index < -0.39 is 0 Å². The van der Waals surface area contributed by atoms with Crippen molar-refractivity contribution in [3.8, 4) is 5.75 Å². The molecule has 1 aromatic rings. The number of rotatable bonds is 6. The Morgan fingerprint density at radius 2 is 2.00 bits per heavy atom. The van der Waals surface area contributed by atoms with Crippen LogP contribution in [0.15, 0.2) is 12.1 Å². The van der Waals surface area contributed by atoms with Crippen molar-refractivity contribution in [1.82, 2.24) is 10.6 Å². The van der Waals surface area contributed by atoms with Crippen molar-refractivity contribution >= 4 is 0 Å². The van der Waals surface area contributed by atoms with E-state index in [-0.39, 0.29) is 0 Å². The van der Waals surface area contributed by atoms with E-state index in [1.54, 1.807) is 7.11 Å². The fourth-order valence-corrected chi connectivity index (χ4v) is 2.35. The standard InChI is InChI=1S/C15H24N2O/c1-10-8-15(18-4)11(2)7-13(10)14(16-3)9-17-12-5-6-12/h7-8,12,14,16-17H,5-6,9H2,1-4H3. The van der Waals surface area contributed by atoms with Crippen LogP contribution >= 0.6 is 0 Å². The molecule has 0 spiro atoms. The molecule has 1 fully saturated rings. The van der Waals surface area contributed by atoms with Gasteiger partial charge in [-0.1, -0.05) is 6.07 Å². The third kappa shape index (κ3) is 3.03. The first-order valence-corrected chi connectivity index (χ1v) is 6.71. The molecule has 1 aromatic carbocycles. The van der Waals surface area contributed by atoms with E-state index in [4.69, 9.17) is 4.74 Å². The van der Waals surface area contributed by atoms with Crippen LogP contribution < -0.4 is 15.4 Å². The van der Waals surface area contributed by atoms with Gasteiger partial charge < -0.3 is 15.4 Å². The van der Waals surface area contributed by atoms with Gasteiger partial charge in [0.05, 0.1) is 7.11 Å². The molecule has 0 bridgehead atoms. The van der Waals surface area contributed by atoms with Crippen molar-refractivity contribution in [2.24, 2.45) is 0 Å². The largest absolute Gasteiger partial charge is 0.496 e. The predicted octanol–water partition coefficient (Wildman–Crippen LogP) is 2.32. The summed E-state index contributed by atoms with van der Waals surface area (Å²) in [6, 6.07) is 5.49. The first-order chi connectivity index (χ1) is 8.65. The van der Waals surface area contributed by atoms with Crippen molar-refractivity contribution in [2.45, 2.75) is 38.8 Å². The predicted molar refractivity (Wildman–Crippen MR) is 75.3 cm³/mol. The molecule has 18 heavy (non-hydrogen) atoms. The van der Waals surface area contributed by atoms with Crippen molar-refractivity contribution in [3.63, 3.8) is 0 Å². The highest BCUT2D eigenvalue weighted by Gasteiger charge is 2.22. The molecule has 0 aromatic heterocycles. The van der Waals surface area contributed by atoms with E-state index in [0.717, 1.165) is 18.3 Å². The van der Waals surface area contributed by atoms with E-state index >= 15 is 0 Å². The lowest BCUT2D eigenvalue weighted by atomic mass is 9.98. The van der Waals surface area contributed by atoms with E-state index in [1.165, 1.54) is 29.5 Å². The Morgan fingerprint density at radius 1 is 1.28 bits per heavy atom. The van der Waals surface area contributed by atoms with Crippen LogP contribution in [0.25, 0.3) is 0 Å². The molecule has 1 atom stereocenters. The fraction of sp³-hybridized carbons (Fsp3) is 0.600. The summed E-state index contributed by atoms with van der Waals surface area (Å²) in [5.41, 5.74) is 3.85. The maximum atomic E-state index is 5.37. The number of nitrogens with one attached hydrogen (secondary N) is 2. The molecule has 1 saturated carbocycles. The van der Waals surface area contributed by atoms with Gasteiger partial charge in [0.15, 0.2) is 0 Å². The van der Waals surface area contributed by atoms with Crippen LogP contribution in [0, 0.1) is 13.8 Å². The molecule has 3 heteroatoms. The average Bonchev–Trinajstić information content (AvgIpc) is 3.17. The Bertz CT molecular complexity index is 413. The van der Waals surface area contributed by atoms with Gasteiger partial charge in [0.25, 0.3) is 0 Å². The van der Waals surface area contributed by atoms with Crippen LogP contribution in [0.1, 0.15) is 35.6 Å². The molecular formula is C15H24N2O. The van der Waals surface area contributed by atoms with Crippen molar-refractivity contribution in [3.05, 3.63) is 28.8 Å². The third-order valence-corrected chi connectivity index (χ3v) is 3.70. The SMILES string of the molecule is CNC(CNC1CC1)c1cc(C)c(OC)cc1C. The van der Waals surface area contributed by atoms with Gasteiger partial charge in [-0.25, -0.2) is 0 Å². The Morgan fingerprint density at radius 3 is 2.56 bits per heavy atom. The molecular weight excluding hydrogens is 224 g/mol. The first-order valence-electron chi connectivity index (χ1n) is 6.71. The second kappa shape index (κ2) is 5.72. The van der Waals surface area contributed by atoms with Gasteiger partial charge in [0.1, 0.15) is 5.75 Å². The molecule has 0 saturated heterocycles. The maximum Gasteiger partial charge on any atom is 0.122 e.